The largest absolute Gasteiger partial charge is 0.352 e. The summed E-state index contributed by atoms with van der Waals surface area (Å²) < 4.78 is 0. The van der Waals surface area contributed by atoms with Crippen molar-refractivity contribution in [1.82, 2.24) is 5.32 Å². The fourth-order valence-corrected chi connectivity index (χ4v) is 1.68. The molecular weight excluding hydrogens is 164 g/mol. The van der Waals surface area contributed by atoms with Gasteiger partial charge in [0.15, 0.2) is 0 Å². The second kappa shape index (κ2) is 5.02. The van der Waals surface area contributed by atoms with Crippen molar-refractivity contribution in [2.75, 3.05) is 0 Å². The predicted molar refractivity (Wildman–Crippen MR) is 53.2 cm³/mol. The number of nitrogens with one attached hydrogen (secondary N) is 1. The lowest BCUT2D eigenvalue weighted by Crippen LogP contribution is -2.43. The highest BCUT2D eigenvalue weighted by atomic mass is 16.1. The molecule has 0 aliphatic heterocycles. The van der Waals surface area contributed by atoms with Crippen molar-refractivity contribution in [3.05, 3.63) is 12.7 Å². The maximum Gasteiger partial charge on any atom is 0.220 e. The first-order valence-corrected chi connectivity index (χ1v) is 4.90. The van der Waals surface area contributed by atoms with Crippen LogP contribution in [0.2, 0.25) is 0 Å². The standard InChI is InChI=1S/C10H18N2O/c1-2-3-7-10(13)12-9-6-4-5-8(9)11/h2,8-9H,1,3-7,11H2,(H,12,13). The Morgan fingerprint density at radius 2 is 2.38 bits per heavy atom. The highest BCUT2D eigenvalue weighted by Crippen LogP contribution is 2.16. The Morgan fingerprint density at radius 3 is 2.92 bits per heavy atom. The second-order valence-electron chi connectivity index (χ2n) is 3.60. The molecule has 1 amide bonds. The number of nitrogens with two attached hydrogens (primary N) is 1. The maximum atomic E-state index is 11.3. The Kier molecular flexibility index (Phi) is 3.96. The second-order valence-corrected chi connectivity index (χ2v) is 3.60. The average molecular weight is 182 g/mol. The maximum absolute atomic E-state index is 11.3. The van der Waals surface area contributed by atoms with Crippen molar-refractivity contribution in [2.24, 2.45) is 5.73 Å². The van der Waals surface area contributed by atoms with Crippen molar-refractivity contribution in [1.29, 1.82) is 0 Å². The molecule has 0 aromatic rings. The van der Waals surface area contributed by atoms with Crippen LogP contribution < -0.4 is 11.1 Å². The number of hydrogen-bond acceptors (Lipinski definition) is 2. The fraction of sp³-hybridized carbons (Fsp3) is 0.700. The van der Waals surface area contributed by atoms with Crippen LogP contribution in [-0.2, 0) is 4.79 Å². The highest BCUT2D eigenvalue weighted by Gasteiger charge is 2.24. The number of carbonyl (C=O) groups is 1. The van der Waals surface area contributed by atoms with Gasteiger partial charge in [-0.25, -0.2) is 0 Å². The Balaban J connectivity index is 2.22. The van der Waals surface area contributed by atoms with Gasteiger partial charge in [0.05, 0.1) is 0 Å². The predicted octanol–water partition coefficient (Wildman–Crippen LogP) is 0.949. The molecule has 3 N–H and O–H groups in total. The van der Waals surface area contributed by atoms with Gasteiger partial charge >= 0.3 is 0 Å². The van der Waals surface area contributed by atoms with Crippen molar-refractivity contribution in [3.63, 3.8) is 0 Å². The molecule has 1 aliphatic rings. The van der Waals surface area contributed by atoms with E-state index in [1.807, 2.05) is 0 Å². The molecule has 74 valence electrons. The van der Waals surface area contributed by atoms with Gasteiger partial charge in [-0.3, -0.25) is 4.79 Å². The van der Waals surface area contributed by atoms with Gasteiger partial charge in [-0.05, 0) is 25.7 Å². The summed E-state index contributed by atoms with van der Waals surface area (Å²) >= 11 is 0. The van der Waals surface area contributed by atoms with Crippen LogP contribution in [0.15, 0.2) is 12.7 Å². The molecule has 0 spiro atoms. The van der Waals surface area contributed by atoms with Crippen molar-refractivity contribution >= 4 is 5.91 Å². The topological polar surface area (TPSA) is 55.1 Å². The zero-order chi connectivity index (χ0) is 9.68. The van der Waals surface area contributed by atoms with Crippen LogP contribution in [0.3, 0.4) is 0 Å². The van der Waals surface area contributed by atoms with Gasteiger partial charge < -0.3 is 11.1 Å². The third-order valence-electron chi connectivity index (χ3n) is 2.49. The van der Waals surface area contributed by atoms with Gasteiger partial charge in [-0.15, -0.1) is 6.58 Å². The first kappa shape index (κ1) is 10.3. The minimum Gasteiger partial charge on any atom is -0.352 e. The van der Waals surface area contributed by atoms with Crippen LogP contribution in [0.4, 0.5) is 0 Å². The van der Waals surface area contributed by atoms with Gasteiger partial charge in [0.25, 0.3) is 0 Å². The number of allylic oxidation sites excluding steroid dienone is 1. The van der Waals surface area contributed by atoms with Crippen molar-refractivity contribution in [3.8, 4) is 0 Å². The van der Waals surface area contributed by atoms with Gasteiger partial charge in [0.2, 0.25) is 5.91 Å². The zero-order valence-electron chi connectivity index (χ0n) is 7.96. The van der Waals surface area contributed by atoms with Crippen LogP contribution in [0, 0.1) is 0 Å². The summed E-state index contributed by atoms with van der Waals surface area (Å²) in [6.07, 6.45) is 6.23. The molecule has 1 fully saturated rings. The summed E-state index contributed by atoms with van der Waals surface area (Å²) in [5, 5.41) is 2.95. The molecule has 0 bridgehead atoms. The molecule has 3 nitrogen and oxygen atoms in total. The summed E-state index contributed by atoms with van der Waals surface area (Å²) in [5.74, 6) is 0.0993. The van der Waals surface area contributed by atoms with E-state index in [1.165, 1.54) is 0 Å². The van der Waals surface area contributed by atoms with Crippen molar-refractivity contribution in [2.45, 2.75) is 44.2 Å². The third-order valence-corrected chi connectivity index (χ3v) is 2.49. The van der Waals surface area contributed by atoms with E-state index < -0.39 is 0 Å². The average Bonchev–Trinajstić information content (AvgIpc) is 2.48. The summed E-state index contributed by atoms with van der Waals surface area (Å²) in [4.78, 5) is 11.3. The first-order chi connectivity index (χ1) is 6.24. The lowest BCUT2D eigenvalue weighted by Gasteiger charge is -2.16. The van der Waals surface area contributed by atoms with Gasteiger partial charge in [-0.2, -0.15) is 0 Å². The Hall–Kier alpha value is -0.830. The normalized spacial score (nSPS) is 27.2. The molecule has 1 aliphatic carbocycles. The van der Waals surface area contributed by atoms with Gasteiger partial charge in [0, 0.05) is 18.5 Å². The molecule has 0 aromatic carbocycles. The fourth-order valence-electron chi connectivity index (χ4n) is 1.68. The van der Waals surface area contributed by atoms with Crippen LogP contribution in [-0.4, -0.2) is 18.0 Å². The van der Waals surface area contributed by atoms with E-state index in [0.29, 0.717) is 6.42 Å². The number of rotatable bonds is 4. The molecule has 0 heterocycles. The molecule has 3 heteroatoms. The number of amides is 1. The number of carbonyl (C=O) groups excluding carboxylic acids is 1. The third kappa shape index (κ3) is 3.19. The molecule has 2 unspecified atom stereocenters. The van der Waals surface area contributed by atoms with Crippen LogP contribution in [0.25, 0.3) is 0 Å². The summed E-state index contributed by atoms with van der Waals surface area (Å²) in [6.45, 7) is 3.57. The monoisotopic (exact) mass is 182 g/mol. The van der Waals surface area contributed by atoms with E-state index in [-0.39, 0.29) is 18.0 Å². The molecule has 13 heavy (non-hydrogen) atoms. The minimum absolute atomic E-state index is 0.0993. The van der Waals surface area contributed by atoms with E-state index in [2.05, 4.69) is 11.9 Å². The van der Waals surface area contributed by atoms with E-state index in [1.54, 1.807) is 6.08 Å². The molecule has 2 atom stereocenters. The molecule has 0 radical (unpaired) electrons. The van der Waals surface area contributed by atoms with E-state index >= 15 is 0 Å². The quantitative estimate of drug-likeness (QED) is 0.636. The molecule has 1 rings (SSSR count). The zero-order valence-corrected chi connectivity index (χ0v) is 7.96. The van der Waals surface area contributed by atoms with Gasteiger partial charge in [0.1, 0.15) is 0 Å². The Morgan fingerprint density at radius 1 is 1.62 bits per heavy atom. The SMILES string of the molecule is C=CCCC(=O)NC1CCCC1N. The van der Waals surface area contributed by atoms with Gasteiger partial charge in [-0.1, -0.05) is 6.08 Å². The van der Waals surface area contributed by atoms with Crippen LogP contribution in [0.5, 0.6) is 0 Å². The van der Waals surface area contributed by atoms with Crippen LogP contribution >= 0.6 is 0 Å². The van der Waals surface area contributed by atoms with E-state index in [9.17, 15) is 4.79 Å². The first-order valence-electron chi connectivity index (χ1n) is 4.90. The highest BCUT2D eigenvalue weighted by molar-refractivity contribution is 5.76. The lowest BCUT2D eigenvalue weighted by molar-refractivity contribution is -0.121. The summed E-state index contributed by atoms with van der Waals surface area (Å²) in [6, 6.07) is 0.366. The number of hydrogen-bond donors (Lipinski definition) is 2. The molecule has 0 aromatic heterocycles. The molecule has 0 saturated heterocycles. The summed E-state index contributed by atoms with van der Waals surface area (Å²) in [7, 11) is 0. The summed E-state index contributed by atoms with van der Waals surface area (Å²) in [5.41, 5.74) is 5.82. The van der Waals surface area contributed by atoms with Crippen molar-refractivity contribution < 1.29 is 4.79 Å². The van der Waals surface area contributed by atoms with E-state index in [4.69, 9.17) is 5.73 Å². The lowest BCUT2D eigenvalue weighted by atomic mass is 10.2. The minimum atomic E-state index is 0.0993. The Labute approximate surface area is 79.4 Å². The molecular formula is C10H18N2O. The molecule has 1 saturated carbocycles. The smallest absolute Gasteiger partial charge is 0.220 e. The Bertz CT molecular complexity index is 191. The van der Waals surface area contributed by atoms with Crippen LogP contribution in [0.1, 0.15) is 32.1 Å². The van der Waals surface area contributed by atoms with E-state index in [0.717, 1.165) is 25.7 Å².